The predicted molar refractivity (Wildman–Crippen MR) is 106 cm³/mol. The van der Waals surface area contributed by atoms with Crippen molar-refractivity contribution in [2.24, 2.45) is 0 Å². The maximum absolute atomic E-state index is 14.5. The van der Waals surface area contributed by atoms with Gasteiger partial charge in [-0.05, 0) is 12.8 Å². The Labute approximate surface area is 245 Å². The molecule has 2 aliphatic carbocycles. The van der Waals surface area contributed by atoms with Gasteiger partial charge in [-0.25, -0.2) is 8.78 Å². The molecule has 0 unspecified atom stereocenters. The van der Waals surface area contributed by atoms with Gasteiger partial charge in [0.15, 0.2) is 0 Å². The fourth-order valence-corrected chi connectivity index (χ4v) is 4.44. The molecule has 0 spiro atoms. The first-order chi connectivity index (χ1) is 20.5. The van der Waals surface area contributed by atoms with Crippen molar-refractivity contribution in [1.29, 1.82) is 0 Å². The molecular weight excluding hydrogens is 730 g/mol. The average molecular weight is 746 g/mol. The van der Waals surface area contributed by atoms with Crippen LogP contribution in [0.3, 0.4) is 0 Å². The Morgan fingerprint density at radius 2 is 0.468 bits per heavy atom. The van der Waals surface area contributed by atoms with Crippen LogP contribution in [-0.4, -0.2) is 95.5 Å². The fourth-order valence-electron chi connectivity index (χ4n) is 4.44. The number of alkyl halides is 22. The molecule has 2 aliphatic rings. The Morgan fingerprint density at radius 1 is 0.298 bits per heavy atom. The van der Waals surface area contributed by atoms with Crippen molar-refractivity contribution in [3.63, 3.8) is 0 Å². The molecule has 0 saturated heterocycles. The van der Waals surface area contributed by atoms with Crippen LogP contribution in [0, 0.1) is 0 Å². The summed E-state index contributed by atoms with van der Waals surface area (Å²) in [7, 11) is 0. The van der Waals surface area contributed by atoms with Crippen LogP contribution in [0.4, 0.5) is 96.6 Å². The second-order valence-electron chi connectivity index (χ2n) is 10.3. The third-order valence-corrected chi connectivity index (χ3v) is 7.44. The molecule has 0 aromatic carbocycles. The van der Waals surface area contributed by atoms with Crippen LogP contribution in [0.5, 0.6) is 0 Å². The molecule has 0 aromatic rings. The van der Waals surface area contributed by atoms with Gasteiger partial charge < -0.3 is 10.6 Å². The molecule has 4 nitrogen and oxygen atoms in total. The highest BCUT2D eigenvalue weighted by molar-refractivity contribution is 5.89. The van der Waals surface area contributed by atoms with Crippen LogP contribution in [-0.2, 0) is 9.59 Å². The van der Waals surface area contributed by atoms with E-state index in [1.54, 1.807) is 0 Å². The van der Waals surface area contributed by atoms with Crippen molar-refractivity contribution >= 4 is 11.8 Å². The number of nitrogens with one attached hydrogen (secondary N) is 2. The molecule has 26 heteroatoms. The van der Waals surface area contributed by atoms with Gasteiger partial charge in [-0.2, -0.15) is 87.8 Å². The maximum atomic E-state index is 14.5. The zero-order valence-electron chi connectivity index (χ0n) is 22.1. The summed E-state index contributed by atoms with van der Waals surface area (Å²) in [5, 5.41) is 1.59. The number of unbranched alkanes of at least 4 members (excludes halogenated alkanes) is 4. The summed E-state index contributed by atoms with van der Waals surface area (Å²) in [6, 6.07) is 0. The van der Waals surface area contributed by atoms with E-state index in [1.165, 1.54) is 0 Å². The summed E-state index contributed by atoms with van der Waals surface area (Å²) in [6.45, 7) is -2.58. The molecule has 0 heterocycles. The van der Waals surface area contributed by atoms with E-state index in [4.69, 9.17) is 0 Å². The van der Waals surface area contributed by atoms with Crippen molar-refractivity contribution in [2.45, 2.75) is 103 Å². The molecule has 2 fully saturated rings. The molecule has 0 radical (unpaired) electrons. The number of amides is 2. The van der Waals surface area contributed by atoms with Crippen molar-refractivity contribution in [1.82, 2.24) is 10.6 Å². The third-order valence-electron chi connectivity index (χ3n) is 7.44. The average Bonchev–Trinajstić information content (AvgIpc) is 2.92. The smallest absolute Gasteiger partial charge is 0.353 e. The standard InChI is InChI=1S/C21H16F22N2O2/c22-10(12(24,25)16(32,33)20(40,41)17(34,35)13(10,26)27)8(46)44-6-4-2-1-3-5-7-45-9(47)11(23)14(28,29)18(36,37)21(42,43)19(38,39)15(11,30)31/h1-7H2,(H,44,46)(H,45,47). The largest absolute Gasteiger partial charge is 0.384 e. The van der Waals surface area contributed by atoms with E-state index in [1.807, 2.05) is 0 Å². The Balaban J connectivity index is 1.97. The first-order valence-electron chi connectivity index (χ1n) is 12.3. The van der Waals surface area contributed by atoms with Crippen molar-refractivity contribution in [2.75, 3.05) is 13.1 Å². The van der Waals surface area contributed by atoms with Gasteiger partial charge in [0.05, 0.1) is 0 Å². The fraction of sp³-hybridized carbons (Fsp3) is 0.905. The lowest BCUT2D eigenvalue weighted by atomic mass is 9.71. The van der Waals surface area contributed by atoms with E-state index in [0.29, 0.717) is 0 Å². The van der Waals surface area contributed by atoms with Gasteiger partial charge in [0.25, 0.3) is 11.8 Å². The lowest BCUT2D eigenvalue weighted by Gasteiger charge is -2.51. The molecule has 2 rings (SSSR count). The minimum absolute atomic E-state index is 0.351. The van der Waals surface area contributed by atoms with E-state index in [0.717, 1.165) is 10.6 Å². The highest BCUT2D eigenvalue weighted by atomic mass is 19.4. The van der Waals surface area contributed by atoms with Gasteiger partial charge in [-0.3, -0.25) is 9.59 Å². The lowest BCUT2D eigenvalue weighted by molar-refractivity contribution is -0.476. The highest BCUT2D eigenvalue weighted by Crippen LogP contribution is 2.71. The quantitative estimate of drug-likeness (QED) is 0.188. The van der Waals surface area contributed by atoms with Gasteiger partial charge in [-0.1, -0.05) is 19.3 Å². The number of carbonyl (C=O) groups is 2. The van der Waals surface area contributed by atoms with Crippen LogP contribution in [0.25, 0.3) is 0 Å². The van der Waals surface area contributed by atoms with Crippen LogP contribution in [0.2, 0.25) is 0 Å². The van der Waals surface area contributed by atoms with Crippen LogP contribution < -0.4 is 10.6 Å². The number of carbonyl (C=O) groups excluding carboxylic acids is 2. The third kappa shape index (κ3) is 4.44. The number of hydrogen-bond donors (Lipinski definition) is 2. The maximum Gasteiger partial charge on any atom is 0.384 e. The van der Waals surface area contributed by atoms with Gasteiger partial charge in [-0.15, -0.1) is 0 Å². The van der Waals surface area contributed by atoms with E-state index in [9.17, 15) is 106 Å². The van der Waals surface area contributed by atoms with Gasteiger partial charge in [0.1, 0.15) is 0 Å². The molecule has 2 saturated carbocycles. The highest BCUT2D eigenvalue weighted by Gasteiger charge is 3.04. The van der Waals surface area contributed by atoms with Crippen molar-refractivity contribution in [3.05, 3.63) is 0 Å². The molecule has 2 N–H and O–H groups in total. The zero-order valence-corrected chi connectivity index (χ0v) is 22.1. The number of halogens is 22. The Hall–Kier alpha value is -2.60. The SMILES string of the molecule is O=C(NCCCCCCCNC(=O)C1(F)C(F)(F)C(F)(F)C(F)(F)C(F)(F)C1(F)F)C1(F)C(F)(F)C(F)(F)C(F)(F)C(F)(F)C1(F)F. The Morgan fingerprint density at radius 3 is 0.681 bits per heavy atom. The minimum Gasteiger partial charge on any atom is -0.353 e. The molecule has 0 aromatic heterocycles. The monoisotopic (exact) mass is 746 g/mol. The summed E-state index contributed by atoms with van der Waals surface area (Å²) >= 11 is 0. The topological polar surface area (TPSA) is 58.2 Å². The van der Waals surface area contributed by atoms with Crippen LogP contribution in [0.1, 0.15) is 32.1 Å². The Bertz CT molecular complexity index is 1080. The molecule has 2 amide bonds. The first kappa shape index (κ1) is 40.6. The Kier molecular flexibility index (Phi) is 9.46. The molecular formula is C21H16F22N2O2. The van der Waals surface area contributed by atoms with E-state index < -0.39 is 121 Å². The van der Waals surface area contributed by atoms with Crippen LogP contribution in [0.15, 0.2) is 0 Å². The molecule has 276 valence electrons. The summed E-state index contributed by atoms with van der Waals surface area (Å²) in [5.74, 6) is -82.1. The van der Waals surface area contributed by atoms with E-state index in [2.05, 4.69) is 0 Å². The van der Waals surface area contributed by atoms with Crippen molar-refractivity contribution < 1.29 is 106 Å². The normalized spacial score (nSPS) is 28.9. The van der Waals surface area contributed by atoms with E-state index in [-0.39, 0.29) is 6.42 Å². The molecule has 0 atom stereocenters. The summed E-state index contributed by atoms with van der Waals surface area (Å²) in [4.78, 5) is 23.3. The van der Waals surface area contributed by atoms with E-state index >= 15 is 0 Å². The first-order valence-corrected chi connectivity index (χ1v) is 12.3. The predicted octanol–water partition coefficient (Wildman–Crippen LogP) is 6.97. The summed E-state index contributed by atoms with van der Waals surface area (Å²) in [6.07, 6.45) is -2.60. The second-order valence-corrected chi connectivity index (χ2v) is 10.3. The lowest BCUT2D eigenvalue weighted by Crippen LogP contribution is -2.86. The summed E-state index contributed by atoms with van der Waals surface area (Å²) < 4.78 is 300. The van der Waals surface area contributed by atoms with Gasteiger partial charge in [0, 0.05) is 13.1 Å². The number of rotatable bonds is 10. The molecule has 0 aliphatic heterocycles. The zero-order chi connectivity index (χ0) is 37.5. The van der Waals surface area contributed by atoms with Crippen molar-refractivity contribution in [3.8, 4) is 0 Å². The second kappa shape index (κ2) is 11.0. The number of hydrogen-bond acceptors (Lipinski definition) is 2. The minimum atomic E-state index is -7.56. The molecule has 0 bridgehead atoms. The van der Waals surface area contributed by atoms with Gasteiger partial charge >= 0.3 is 70.6 Å². The summed E-state index contributed by atoms with van der Waals surface area (Å²) in [5.41, 5.74) is -13.9. The van der Waals surface area contributed by atoms with Crippen LogP contribution >= 0.6 is 0 Å². The molecule has 47 heavy (non-hydrogen) atoms. The van der Waals surface area contributed by atoms with Gasteiger partial charge in [0.2, 0.25) is 0 Å².